The van der Waals surface area contributed by atoms with Gasteiger partial charge in [0.15, 0.2) is 0 Å². The molecule has 0 saturated heterocycles. The molecule has 1 amide bonds. The Labute approximate surface area is 104 Å². The molecule has 0 aromatic rings. The summed E-state index contributed by atoms with van der Waals surface area (Å²) in [7, 11) is 0. The van der Waals surface area contributed by atoms with Crippen molar-refractivity contribution in [3.8, 4) is 0 Å². The molecule has 1 aliphatic carbocycles. The maximum absolute atomic E-state index is 12.1. The molecule has 0 heterocycles. The highest BCUT2D eigenvalue weighted by Gasteiger charge is 2.23. The maximum atomic E-state index is 12.1. The van der Waals surface area contributed by atoms with Crippen LogP contribution in [0, 0.1) is 0 Å². The van der Waals surface area contributed by atoms with Crippen molar-refractivity contribution in [3.05, 3.63) is 0 Å². The van der Waals surface area contributed by atoms with Gasteiger partial charge in [0.25, 0.3) is 0 Å². The minimum Gasteiger partial charge on any atom is -0.339 e. The quantitative estimate of drug-likeness (QED) is 0.738. The van der Waals surface area contributed by atoms with Crippen LogP contribution in [0.2, 0.25) is 0 Å². The summed E-state index contributed by atoms with van der Waals surface area (Å²) in [6, 6.07) is 0.527. The summed E-state index contributed by atoms with van der Waals surface area (Å²) in [6.45, 7) is 7.28. The molecule has 94 valence electrons. The highest BCUT2D eigenvalue weighted by Crippen LogP contribution is 2.23. The fraction of sp³-hybridized carbons (Fsp3) is 0.923. The molecular weight excluding hydrogens is 218 g/mol. The molecule has 1 fully saturated rings. The van der Waals surface area contributed by atoms with Gasteiger partial charge in [-0.25, -0.2) is 0 Å². The molecule has 1 rings (SSSR count). The molecule has 0 atom stereocenters. The molecule has 0 aliphatic heterocycles. The van der Waals surface area contributed by atoms with Gasteiger partial charge in [-0.15, -0.1) is 11.8 Å². The number of hydrogen-bond donors (Lipinski definition) is 0. The first-order valence-electron chi connectivity index (χ1n) is 6.56. The Morgan fingerprint density at radius 3 is 2.44 bits per heavy atom. The van der Waals surface area contributed by atoms with Crippen molar-refractivity contribution < 1.29 is 4.79 Å². The monoisotopic (exact) mass is 243 g/mol. The summed E-state index contributed by atoms with van der Waals surface area (Å²) < 4.78 is 0. The van der Waals surface area contributed by atoms with Crippen LogP contribution >= 0.6 is 11.8 Å². The fourth-order valence-corrected chi connectivity index (χ4v) is 2.99. The summed E-state index contributed by atoms with van der Waals surface area (Å²) in [6.07, 6.45) is 6.37. The van der Waals surface area contributed by atoms with E-state index in [1.807, 2.05) is 0 Å². The van der Waals surface area contributed by atoms with Crippen LogP contribution in [0.25, 0.3) is 0 Å². The van der Waals surface area contributed by atoms with Gasteiger partial charge in [-0.1, -0.05) is 33.1 Å². The number of nitrogens with zero attached hydrogens (tertiary/aromatic N) is 1. The molecule has 2 nitrogen and oxygen atoms in total. The minimum absolute atomic E-state index is 0.341. The summed E-state index contributed by atoms with van der Waals surface area (Å²) in [4.78, 5) is 14.2. The van der Waals surface area contributed by atoms with E-state index in [2.05, 4.69) is 25.7 Å². The van der Waals surface area contributed by atoms with E-state index in [4.69, 9.17) is 0 Å². The Bertz CT molecular complexity index is 212. The van der Waals surface area contributed by atoms with Gasteiger partial charge in [-0.2, -0.15) is 0 Å². The third-order valence-corrected chi connectivity index (χ3v) is 4.30. The predicted molar refractivity (Wildman–Crippen MR) is 71.9 cm³/mol. The van der Waals surface area contributed by atoms with Crippen LogP contribution in [-0.4, -0.2) is 34.4 Å². The number of hydrogen-bond acceptors (Lipinski definition) is 2. The summed E-state index contributed by atoms with van der Waals surface area (Å²) in [5.74, 6) is 0.996. The Hall–Kier alpha value is -0.180. The third kappa shape index (κ3) is 4.36. The maximum Gasteiger partial charge on any atom is 0.232 e. The van der Waals surface area contributed by atoms with Crippen LogP contribution in [0.4, 0.5) is 0 Å². The molecule has 0 N–H and O–H groups in total. The third-order valence-electron chi connectivity index (χ3n) is 3.22. The molecule has 1 aliphatic rings. The first kappa shape index (κ1) is 13.9. The summed E-state index contributed by atoms with van der Waals surface area (Å²) >= 11 is 1.76. The normalized spacial score (nSPS) is 17.8. The van der Waals surface area contributed by atoms with Crippen molar-refractivity contribution in [2.24, 2.45) is 0 Å². The fourth-order valence-electron chi connectivity index (χ4n) is 2.35. The second-order valence-corrected chi connectivity index (χ2v) is 6.40. The average molecular weight is 243 g/mol. The van der Waals surface area contributed by atoms with E-state index in [0.717, 1.165) is 6.54 Å². The van der Waals surface area contributed by atoms with Crippen molar-refractivity contribution in [1.82, 2.24) is 4.90 Å². The molecule has 3 heteroatoms. The van der Waals surface area contributed by atoms with Gasteiger partial charge in [0.2, 0.25) is 5.91 Å². The zero-order valence-corrected chi connectivity index (χ0v) is 11.7. The second kappa shape index (κ2) is 7.21. The first-order chi connectivity index (χ1) is 7.65. The number of carbonyl (C=O) groups is 1. The summed E-state index contributed by atoms with van der Waals surface area (Å²) in [5, 5.41) is 0.550. The van der Waals surface area contributed by atoms with Crippen LogP contribution in [0.3, 0.4) is 0 Å². The van der Waals surface area contributed by atoms with E-state index in [9.17, 15) is 4.79 Å². The number of rotatable bonds is 5. The van der Waals surface area contributed by atoms with E-state index in [0.29, 0.717) is 23.0 Å². The highest BCUT2D eigenvalue weighted by molar-refractivity contribution is 8.00. The molecule has 0 aromatic carbocycles. The Morgan fingerprint density at radius 2 is 1.94 bits per heavy atom. The van der Waals surface area contributed by atoms with Crippen LogP contribution in [0.1, 0.15) is 52.9 Å². The SMILES string of the molecule is CCN(C(=O)CSC(C)C)C1CCCCC1. The predicted octanol–water partition coefficient (Wildman–Crippen LogP) is 3.31. The molecule has 0 aromatic heterocycles. The van der Waals surface area contributed by atoms with Gasteiger partial charge in [-0.3, -0.25) is 4.79 Å². The molecule has 0 unspecified atom stereocenters. The second-order valence-electron chi connectivity index (χ2n) is 4.83. The largest absolute Gasteiger partial charge is 0.339 e. The van der Waals surface area contributed by atoms with Crippen LogP contribution in [0.15, 0.2) is 0 Å². The lowest BCUT2D eigenvalue weighted by Gasteiger charge is -2.33. The van der Waals surface area contributed by atoms with Crippen molar-refractivity contribution >= 4 is 17.7 Å². The van der Waals surface area contributed by atoms with Crippen molar-refractivity contribution in [1.29, 1.82) is 0 Å². The van der Waals surface area contributed by atoms with E-state index >= 15 is 0 Å². The number of thioether (sulfide) groups is 1. The Balaban J connectivity index is 2.41. The first-order valence-corrected chi connectivity index (χ1v) is 7.61. The average Bonchev–Trinajstić information content (AvgIpc) is 2.29. The minimum atomic E-state index is 0.341. The van der Waals surface area contributed by atoms with Crippen molar-refractivity contribution in [2.45, 2.75) is 64.2 Å². The van der Waals surface area contributed by atoms with Gasteiger partial charge < -0.3 is 4.90 Å². The number of amides is 1. The lowest BCUT2D eigenvalue weighted by atomic mass is 9.94. The van der Waals surface area contributed by atoms with Gasteiger partial charge in [-0.05, 0) is 25.0 Å². The van der Waals surface area contributed by atoms with Crippen molar-refractivity contribution in [2.75, 3.05) is 12.3 Å². The van der Waals surface area contributed by atoms with E-state index in [-0.39, 0.29) is 0 Å². The lowest BCUT2D eigenvalue weighted by Crippen LogP contribution is -2.42. The van der Waals surface area contributed by atoms with Crippen LogP contribution in [0.5, 0.6) is 0 Å². The van der Waals surface area contributed by atoms with Gasteiger partial charge >= 0.3 is 0 Å². The van der Waals surface area contributed by atoms with E-state index in [1.165, 1.54) is 32.1 Å². The lowest BCUT2D eigenvalue weighted by molar-refractivity contribution is -0.131. The Morgan fingerprint density at radius 1 is 1.31 bits per heavy atom. The van der Waals surface area contributed by atoms with Crippen LogP contribution in [-0.2, 0) is 4.79 Å². The van der Waals surface area contributed by atoms with Crippen molar-refractivity contribution in [3.63, 3.8) is 0 Å². The Kier molecular flexibility index (Phi) is 6.25. The topological polar surface area (TPSA) is 20.3 Å². The molecular formula is C13H25NOS. The molecule has 0 radical (unpaired) electrons. The van der Waals surface area contributed by atoms with Crippen LogP contribution < -0.4 is 0 Å². The number of carbonyl (C=O) groups excluding carboxylic acids is 1. The van der Waals surface area contributed by atoms with E-state index in [1.54, 1.807) is 11.8 Å². The molecule has 0 spiro atoms. The highest BCUT2D eigenvalue weighted by atomic mass is 32.2. The zero-order chi connectivity index (χ0) is 12.0. The molecule has 16 heavy (non-hydrogen) atoms. The smallest absolute Gasteiger partial charge is 0.232 e. The molecule has 1 saturated carbocycles. The summed E-state index contributed by atoms with van der Waals surface area (Å²) in [5.41, 5.74) is 0. The molecule has 0 bridgehead atoms. The zero-order valence-electron chi connectivity index (χ0n) is 10.9. The van der Waals surface area contributed by atoms with Gasteiger partial charge in [0.05, 0.1) is 5.75 Å². The van der Waals surface area contributed by atoms with Gasteiger partial charge in [0.1, 0.15) is 0 Å². The van der Waals surface area contributed by atoms with Gasteiger partial charge in [0, 0.05) is 12.6 Å². The standard InChI is InChI=1S/C13H25NOS/c1-4-14(12-8-6-5-7-9-12)13(15)10-16-11(2)3/h11-12H,4-10H2,1-3H3. The van der Waals surface area contributed by atoms with E-state index < -0.39 is 0 Å².